The maximum Gasteiger partial charge on any atom is 0.265 e. The largest absolute Gasteiger partial charge is 0.364 e. The maximum absolute atomic E-state index is 12.9. The predicted molar refractivity (Wildman–Crippen MR) is 119 cm³/mol. The van der Waals surface area contributed by atoms with E-state index in [0.29, 0.717) is 18.8 Å². The first kappa shape index (κ1) is 23.0. The molecule has 1 saturated heterocycles. The van der Waals surface area contributed by atoms with Crippen LogP contribution in [0.4, 0.5) is 5.69 Å². The average molecular weight is 447 g/mol. The van der Waals surface area contributed by atoms with Gasteiger partial charge in [-0.05, 0) is 48.9 Å². The van der Waals surface area contributed by atoms with Crippen molar-refractivity contribution >= 4 is 27.5 Å². The van der Waals surface area contributed by atoms with Crippen molar-refractivity contribution in [3.8, 4) is 0 Å². The quantitative estimate of drug-likeness (QED) is 0.680. The third-order valence-electron chi connectivity index (χ3n) is 6.05. The number of carbonyl (C=O) groups excluding carboxylic acids is 2. The Labute approximate surface area is 183 Å². The number of nitrogens with zero attached hydrogens (tertiary/aromatic N) is 2. The summed E-state index contributed by atoms with van der Waals surface area (Å²) in [6, 6.07) is 9.16. The molecule has 1 atom stereocenters. The van der Waals surface area contributed by atoms with E-state index < -0.39 is 15.9 Å². The lowest BCUT2D eigenvalue weighted by Crippen LogP contribution is -2.41. The van der Waals surface area contributed by atoms with Gasteiger partial charge in [0.05, 0.1) is 0 Å². The van der Waals surface area contributed by atoms with Crippen LogP contribution in [0.3, 0.4) is 0 Å². The van der Waals surface area contributed by atoms with E-state index in [9.17, 15) is 18.0 Å². The van der Waals surface area contributed by atoms with Crippen LogP contribution in [0, 0.1) is 5.92 Å². The summed E-state index contributed by atoms with van der Waals surface area (Å²) >= 11 is 0. The first-order chi connectivity index (χ1) is 14.6. The fourth-order valence-electron chi connectivity index (χ4n) is 3.80. The number of sulfonamides is 1. The fraction of sp³-hybridized carbons (Fsp3) is 0.455. The fourth-order valence-corrected chi connectivity index (χ4v) is 5.34. The van der Waals surface area contributed by atoms with Gasteiger partial charge in [0, 0.05) is 37.9 Å². The third kappa shape index (κ3) is 4.99. The highest BCUT2D eigenvalue weighted by molar-refractivity contribution is 7.89. The number of amides is 2. The number of primary amides is 1. The van der Waals surface area contributed by atoms with E-state index in [0.717, 1.165) is 12.1 Å². The number of piperidine rings is 1. The number of benzene rings is 1. The van der Waals surface area contributed by atoms with Crippen molar-refractivity contribution in [1.29, 1.82) is 0 Å². The Kier molecular flexibility index (Phi) is 6.86. The summed E-state index contributed by atoms with van der Waals surface area (Å²) in [6.45, 7) is 4.79. The van der Waals surface area contributed by atoms with Gasteiger partial charge in [0.25, 0.3) is 5.91 Å². The minimum atomic E-state index is -3.75. The third-order valence-corrected chi connectivity index (χ3v) is 7.92. The Morgan fingerprint density at radius 1 is 1.19 bits per heavy atom. The molecule has 0 spiro atoms. The summed E-state index contributed by atoms with van der Waals surface area (Å²) in [5.74, 6) is -0.557. The topological polar surface area (TPSA) is 114 Å². The van der Waals surface area contributed by atoms with Crippen LogP contribution in [0.5, 0.6) is 0 Å². The van der Waals surface area contributed by atoms with Crippen LogP contribution in [-0.2, 0) is 21.9 Å². The zero-order valence-electron chi connectivity index (χ0n) is 18.2. The lowest BCUT2D eigenvalue weighted by Gasteiger charge is -2.30. The van der Waals surface area contributed by atoms with Crippen LogP contribution in [0.25, 0.3) is 0 Å². The molecule has 1 aromatic carbocycles. The number of carbonyl (C=O) groups is 2. The Hall–Kier alpha value is -2.65. The van der Waals surface area contributed by atoms with Crippen molar-refractivity contribution in [3.05, 3.63) is 47.8 Å². The van der Waals surface area contributed by atoms with E-state index in [-0.39, 0.29) is 35.5 Å². The van der Waals surface area contributed by atoms with Gasteiger partial charge < -0.3 is 15.6 Å². The second-order valence-corrected chi connectivity index (χ2v) is 10.1. The molecule has 0 bridgehead atoms. The zero-order valence-corrected chi connectivity index (χ0v) is 19.0. The molecule has 1 aliphatic rings. The Balaban J connectivity index is 1.60. The maximum atomic E-state index is 12.9. The lowest BCUT2D eigenvalue weighted by molar-refractivity contribution is -0.120. The van der Waals surface area contributed by atoms with Gasteiger partial charge in [0.15, 0.2) is 0 Å². The van der Waals surface area contributed by atoms with Crippen molar-refractivity contribution in [2.24, 2.45) is 18.7 Å². The van der Waals surface area contributed by atoms with Crippen LogP contribution < -0.4 is 11.1 Å². The summed E-state index contributed by atoms with van der Waals surface area (Å²) in [4.78, 5) is 24.1. The molecular weight excluding hydrogens is 416 g/mol. The van der Waals surface area contributed by atoms with E-state index in [1.165, 1.54) is 26.7 Å². The molecule has 3 N–H and O–H groups in total. The predicted octanol–water partition coefficient (Wildman–Crippen LogP) is 2.68. The van der Waals surface area contributed by atoms with E-state index in [2.05, 4.69) is 19.2 Å². The minimum absolute atomic E-state index is 0.0353. The molecule has 2 aromatic rings. The van der Waals surface area contributed by atoms with Gasteiger partial charge in [0.1, 0.15) is 10.6 Å². The first-order valence-electron chi connectivity index (χ1n) is 10.5. The van der Waals surface area contributed by atoms with Crippen molar-refractivity contribution in [2.45, 2.75) is 43.9 Å². The molecule has 8 nitrogen and oxygen atoms in total. The average Bonchev–Trinajstić information content (AvgIpc) is 3.16. The van der Waals surface area contributed by atoms with Gasteiger partial charge >= 0.3 is 0 Å². The highest BCUT2D eigenvalue weighted by Crippen LogP contribution is 2.26. The lowest BCUT2D eigenvalue weighted by atomic mass is 9.96. The molecule has 9 heteroatoms. The number of aryl methyl sites for hydroxylation is 1. The van der Waals surface area contributed by atoms with Gasteiger partial charge in [-0.25, -0.2) is 8.42 Å². The molecule has 0 saturated carbocycles. The SMILES string of the molecule is CC[C@H](C)c1ccc(NC(=O)C2CCN(S(=O)(=O)c3cc(C(N)=O)n(C)c3)CC2)cc1. The molecule has 3 rings (SSSR count). The minimum Gasteiger partial charge on any atom is -0.364 e. The van der Waals surface area contributed by atoms with Gasteiger partial charge in [-0.3, -0.25) is 9.59 Å². The second-order valence-electron chi connectivity index (χ2n) is 8.14. The van der Waals surface area contributed by atoms with Crippen molar-refractivity contribution < 1.29 is 18.0 Å². The van der Waals surface area contributed by atoms with Crippen LogP contribution in [0.15, 0.2) is 41.4 Å². The molecular formula is C22H30N4O4S. The van der Waals surface area contributed by atoms with Crippen LogP contribution in [0.1, 0.15) is 55.1 Å². The summed E-state index contributed by atoms with van der Waals surface area (Å²) < 4.78 is 28.6. The summed E-state index contributed by atoms with van der Waals surface area (Å²) in [6.07, 6.45) is 3.31. The summed E-state index contributed by atoms with van der Waals surface area (Å²) in [5, 5.41) is 2.94. The van der Waals surface area contributed by atoms with Crippen molar-refractivity contribution in [1.82, 2.24) is 8.87 Å². The molecule has 0 aliphatic carbocycles. The number of nitrogens with one attached hydrogen (secondary N) is 1. The molecule has 168 valence electrons. The molecule has 1 aliphatic heterocycles. The molecule has 0 unspecified atom stereocenters. The van der Waals surface area contributed by atoms with E-state index in [4.69, 9.17) is 5.73 Å². The van der Waals surface area contributed by atoms with Gasteiger partial charge in [0.2, 0.25) is 15.9 Å². The molecule has 1 aromatic heterocycles. The molecule has 31 heavy (non-hydrogen) atoms. The van der Waals surface area contributed by atoms with Gasteiger partial charge in [-0.2, -0.15) is 4.31 Å². The number of hydrogen-bond donors (Lipinski definition) is 2. The normalized spacial score (nSPS) is 16.7. The summed E-state index contributed by atoms with van der Waals surface area (Å²) in [7, 11) is -2.17. The smallest absolute Gasteiger partial charge is 0.265 e. The second kappa shape index (κ2) is 9.23. The van der Waals surface area contributed by atoms with E-state index in [1.807, 2.05) is 24.3 Å². The Morgan fingerprint density at radius 3 is 2.32 bits per heavy atom. The highest BCUT2D eigenvalue weighted by Gasteiger charge is 2.33. The zero-order chi connectivity index (χ0) is 22.8. The van der Waals surface area contributed by atoms with Crippen LogP contribution >= 0.6 is 0 Å². The first-order valence-corrected chi connectivity index (χ1v) is 11.9. The Bertz CT molecular complexity index is 1050. The van der Waals surface area contributed by atoms with Crippen molar-refractivity contribution in [2.75, 3.05) is 18.4 Å². The van der Waals surface area contributed by atoms with Gasteiger partial charge in [-0.15, -0.1) is 0 Å². The number of rotatable bonds is 7. The highest BCUT2D eigenvalue weighted by atomic mass is 32.2. The van der Waals surface area contributed by atoms with Crippen molar-refractivity contribution in [3.63, 3.8) is 0 Å². The summed E-state index contributed by atoms with van der Waals surface area (Å²) in [5.41, 5.74) is 7.39. The van der Waals surface area contributed by atoms with E-state index >= 15 is 0 Å². The number of hydrogen-bond acceptors (Lipinski definition) is 4. The molecule has 2 heterocycles. The standard InChI is InChI=1S/C22H30N4O4S/c1-4-15(2)16-5-7-18(8-6-16)24-22(28)17-9-11-26(12-10-17)31(29,30)19-13-20(21(23)27)25(3)14-19/h5-8,13-15,17H,4,9-12H2,1-3H3,(H2,23,27)(H,24,28)/t15-/m0/s1. The molecule has 2 amide bonds. The molecule has 0 radical (unpaired) electrons. The molecule has 1 fully saturated rings. The van der Waals surface area contributed by atoms with Crippen LogP contribution in [-0.4, -0.2) is 42.2 Å². The Morgan fingerprint density at radius 2 is 1.81 bits per heavy atom. The monoisotopic (exact) mass is 446 g/mol. The number of anilines is 1. The number of aromatic nitrogens is 1. The van der Waals surface area contributed by atoms with Gasteiger partial charge in [-0.1, -0.05) is 26.0 Å². The van der Waals surface area contributed by atoms with Crippen LogP contribution in [0.2, 0.25) is 0 Å². The van der Waals surface area contributed by atoms with E-state index in [1.54, 1.807) is 7.05 Å². The number of nitrogens with two attached hydrogens (primary N) is 1.